The summed E-state index contributed by atoms with van der Waals surface area (Å²) in [7, 11) is 0. The second kappa shape index (κ2) is 6.91. The van der Waals surface area contributed by atoms with Gasteiger partial charge in [-0.25, -0.2) is 9.18 Å². The minimum Gasteiger partial charge on any atom is -0.459 e. The summed E-state index contributed by atoms with van der Waals surface area (Å²) in [5.74, 6) is -1.03. The third-order valence-corrected chi connectivity index (χ3v) is 4.11. The minimum absolute atomic E-state index is 0.203. The Morgan fingerprint density at radius 1 is 1.28 bits per heavy atom. The van der Waals surface area contributed by atoms with E-state index in [1.807, 2.05) is 6.07 Å². The van der Waals surface area contributed by atoms with Crippen molar-refractivity contribution in [1.82, 2.24) is 0 Å². The van der Waals surface area contributed by atoms with Crippen molar-refractivity contribution < 1.29 is 19.0 Å². The minimum atomic E-state index is -0.573. The zero-order valence-corrected chi connectivity index (χ0v) is 13.6. The number of halogens is 1. The number of aryl methyl sites for hydroxylation is 1. The molecule has 6 heteroatoms. The number of anilines is 2. The molecule has 0 spiro atoms. The summed E-state index contributed by atoms with van der Waals surface area (Å²) in [5, 5.41) is 21.2. The van der Waals surface area contributed by atoms with Gasteiger partial charge in [-0.1, -0.05) is 6.07 Å². The van der Waals surface area contributed by atoms with Gasteiger partial charge in [0.05, 0.1) is 34.7 Å². The van der Waals surface area contributed by atoms with Crippen molar-refractivity contribution >= 4 is 17.3 Å². The Labute approximate surface area is 144 Å². The normalized spacial score (nSPS) is 18.8. The van der Waals surface area contributed by atoms with E-state index < -0.39 is 17.9 Å². The highest BCUT2D eigenvalue weighted by atomic mass is 19.1. The maximum absolute atomic E-state index is 14.1. The van der Waals surface area contributed by atoms with Gasteiger partial charge in [0, 0.05) is 12.8 Å². The van der Waals surface area contributed by atoms with E-state index in [0.29, 0.717) is 24.1 Å². The van der Waals surface area contributed by atoms with E-state index in [-0.39, 0.29) is 17.4 Å². The van der Waals surface area contributed by atoms with E-state index in [2.05, 4.69) is 5.32 Å². The molecule has 0 atom stereocenters. The molecule has 2 N–H and O–H groups in total. The summed E-state index contributed by atoms with van der Waals surface area (Å²) in [4.78, 5) is 12.4. The summed E-state index contributed by atoms with van der Waals surface area (Å²) in [6.45, 7) is 1.78. The predicted molar refractivity (Wildman–Crippen MR) is 90.0 cm³/mol. The first kappa shape index (κ1) is 16.9. The number of carbonyl (C=O) groups excluding carboxylic acids is 1. The molecule has 0 amide bonds. The highest BCUT2D eigenvalue weighted by Gasteiger charge is 2.31. The molecule has 1 aliphatic rings. The molecule has 1 fully saturated rings. The first-order valence-electron chi connectivity index (χ1n) is 7.92. The van der Waals surface area contributed by atoms with E-state index in [0.717, 1.165) is 5.56 Å². The van der Waals surface area contributed by atoms with Crippen LogP contribution in [0.25, 0.3) is 0 Å². The number of rotatable bonds is 4. The van der Waals surface area contributed by atoms with Gasteiger partial charge in [-0.05, 0) is 42.8 Å². The van der Waals surface area contributed by atoms with E-state index in [1.54, 1.807) is 19.1 Å². The van der Waals surface area contributed by atoms with Crippen LogP contribution in [0, 0.1) is 24.1 Å². The van der Waals surface area contributed by atoms with Gasteiger partial charge in [-0.3, -0.25) is 0 Å². The van der Waals surface area contributed by atoms with Crippen molar-refractivity contribution in [2.45, 2.75) is 32.0 Å². The summed E-state index contributed by atoms with van der Waals surface area (Å²) in [6, 6.07) is 11.1. The maximum atomic E-state index is 14.1. The molecule has 3 rings (SSSR count). The van der Waals surface area contributed by atoms with E-state index in [1.165, 1.54) is 24.3 Å². The van der Waals surface area contributed by atoms with Crippen molar-refractivity contribution in [3.05, 3.63) is 58.9 Å². The summed E-state index contributed by atoms with van der Waals surface area (Å²) in [6.07, 6.45) is 0.0782. The molecule has 25 heavy (non-hydrogen) atoms. The van der Waals surface area contributed by atoms with Crippen molar-refractivity contribution in [3.63, 3.8) is 0 Å². The summed E-state index contributed by atoms with van der Waals surface area (Å²) >= 11 is 0. The Morgan fingerprint density at radius 3 is 2.68 bits per heavy atom. The first-order chi connectivity index (χ1) is 12.0. The average Bonchev–Trinajstić information content (AvgIpc) is 2.55. The van der Waals surface area contributed by atoms with Crippen LogP contribution in [0.3, 0.4) is 0 Å². The van der Waals surface area contributed by atoms with Crippen molar-refractivity contribution in [1.29, 1.82) is 5.26 Å². The highest BCUT2D eigenvalue weighted by molar-refractivity contribution is 5.97. The van der Waals surface area contributed by atoms with Gasteiger partial charge in [0.2, 0.25) is 0 Å². The number of ether oxygens (including phenoxy) is 1. The highest BCUT2D eigenvalue weighted by Crippen LogP contribution is 2.28. The molecule has 0 aromatic heterocycles. The third-order valence-electron chi connectivity index (χ3n) is 4.11. The number of aliphatic hydroxyl groups is 1. The molecule has 1 aliphatic carbocycles. The fourth-order valence-corrected chi connectivity index (χ4v) is 2.61. The summed E-state index contributed by atoms with van der Waals surface area (Å²) in [5.41, 5.74) is 1.82. The third kappa shape index (κ3) is 3.78. The lowest BCUT2D eigenvalue weighted by Crippen LogP contribution is -2.36. The Morgan fingerprint density at radius 2 is 2.04 bits per heavy atom. The van der Waals surface area contributed by atoms with Gasteiger partial charge < -0.3 is 15.2 Å². The Bertz CT molecular complexity index is 854. The van der Waals surface area contributed by atoms with Crippen molar-refractivity contribution in [3.8, 4) is 6.07 Å². The van der Waals surface area contributed by atoms with Crippen LogP contribution in [0.4, 0.5) is 15.8 Å². The number of aliphatic hydroxyl groups excluding tert-OH is 1. The molecule has 0 radical (unpaired) electrons. The average molecular weight is 340 g/mol. The van der Waals surface area contributed by atoms with E-state index in [9.17, 15) is 14.3 Å². The monoisotopic (exact) mass is 340 g/mol. The maximum Gasteiger partial charge on any atom is 0.340 e. The van der Waals surface area contributed by atoms with Crippen LogP contribution in [-0.4, -0.2) is 23.3 Å². The largest absolute Gasteiger partial charge is 0.459 e. The van der Waals surface area contributed by atoms with Gasteiger partial charge in [-0.2, -0.15) is 5.26 Å². The number of esters is 1. The predicted octanol–water partition coefficient (Wildman–Crippen LogP) is 3.43. The van der Waals surface area contributed by atoms with Crippen LogP contribution in [0.1, 0.15) is 34.3 Å². The SMILES string of the molecule is Cc1ccc(Nc2cc(C#N)ccc2C(=O)OC2CC(O)C2)c(F)c1. The molecule has 2 aromatic carbocycles. The number of nitrogens with one attached hydrogen (secondary N) is 1. The zero-order valence-electron chi connectivity index (χ0n) is 13.6. The van der Waals surface area contributed by atoms with Crippen LogP contribution in [0.5, 0.6) is 0 Å². The van der Waals surface area contributed by atoms with Crippen LogP contribution in [0.2, 0.25) is 0 Å². The van der Waals surface area contributed by atoms with Crippen LogP contribution in [-0.2, 0) is 4.74 Å². The molecule has 0 saturated heterocycles. The zero-order chi connectivity index (χ0) is 18.0. The van der Waals surface area contributed by atoms with Gasteiger partial charge in [0.15, 0.2) is 0 Å². The second-order valence-electron chi connectivity index (χ2n) is 6.13. The van der Waals surface area contributed by atoms with Crippen LogP contribution < -0.4 is 5.32 Å². The summed E-state index contributed by atoms with van der Waals surface area (Å²) < 4.78 is 19.4. The van der Waals surface area contributed by atoms with Crippen molar-refractivity contribution in [2.75, 3.05) is 5.32 Å². The van der Waals surface area contributed by atoms with E-state index >= 15 is 0 Å². The van der Waals surface area contributed by atoms with E-state index in [4.69, 9.17) is 10.00 Å². The number of nitriles is 1. The van der Waals surface area contributed by atoms with Gasteiger partial charge >= 0.3 is 5.97 Å². The lowest BCUT2D eigenvalue weighted by molar-refractivity contribution is -0.0465. The lowest BCUT2D eigenvalue weighted by atomic mass is 9.92. The van der Waals surface area contributed by atoms with Gasteiger partial charge in [0.25, 0.3) is 0 Å². The van der Waals surface area contributed by atoms with Gasteiger partial charge in [0.1, 0.15) is 11.9 Å². The van der Waals surface area contributed by atoms with Crippen LogP contribution in [0.15, 0.2) is 36.4 Å². The Hall–Kier alpha value is -2.91. The molecule has 1 saturated carbocycles. The topological polar surface area (TPSA) is 82.4 Å². The Balaban J connectivity index is 1.88. The molecular formula is C19H17FN2O3. The quantitative estimate of drug-likeness (QED) is 0.833. The van der Waals surface area contributed by atoms with Crippen molar-refractivity contribution in [2.24, 2.45) is 0 Å². The molecule has 0 heterocycles. The number of hydrogen-bond donors (Lipinski definition) is 2. The second-order valence-corrected chi connectivity index (χ2v) is 6.13. The molecule has 0 aliphatic heterocycles. The smallest absolute Gasteiger partial charge is 0.340 e. The molecule has 5 nitrogen and oxygen atoms in total. The van der Waals surface area contributed by atoms with Gasteiger partial charge in [-0.15, -0.1) is 0 Å². The fourth-order valence-electron chi connectivity index (χ4n) is 2.61. The molecule has 128 valence electrons. The number of nitrogens with zero attached hydrogens (tertiary/aromatic N) is 1. The fraction of sp³-hybridized carbons (Fsp3) is 0.263. The first-order valence-corrected chi connectivity index (χ1v) is 7.92. The number of benzene rings is 2. The molecule has 0 unspecified atom stereocenters. The number of hydrogen-bond acceptors (Lipinski definition) is 5. The standard InChI is InChI=1S/C19H17FN2O3/c1-11-2-5-17(16(20)6-11)22-18-7-12(10-21)3-4-15(18)19(24)25-14-8-13(23)9-14/h2-7,13-14,22-23H,8-9H2,1H3. The molecular weight excluding hydrogens is 323 g/mol. The Kier molecular flexibility index (Phi) is 4.68. The molecule has 0 bridgehead atoms. The molecule has 2 aromatic rings. The lowest BCUT2D eigenvalue weighted by Gasteiger charge is -2.30. The van der Waals surface area contributed by atoms with Crippen LogP contribution >= 0.6 is 0 Å². The number of carbonyl (C=O) groups is 1.